The molecule has 2 saturated heterocycles. The average Bonchev–Trinajstić information content (AvgIpc) is 2.98. The number of epoxide rings is 2. The maximum Gasteiger partial charge on any atom is 0.104 e. The molecule has 5 heteroatoms. The molecule has 2 rings (SSSR count). The highest BCUT2D eigenvalue weighted by molar-refractivity contribution is 4.71. The first-order valence-corrected chi connectivity index (χ1v) is 4.58. The Morgan fingerprint density at radius 1 is 1.00 bits per heavy atom. The van der Waals surface area contributed by atoms with Crippen molar-refractivity contribution in [3.05, 3.63) is 0 Å². The van der Waals surface area contributed by atoms with E-state index in [2.05, 4.69) is 0 Å². The molecule has 0 spiro atoms. The second-order valence-electron chi connectivity index (χ2n) is 3.03. The van der Waals surface area contributed by atoms with Crippen LogP contribution in [0.4, 0.5) is 0 Å². The van der Waals surface area contributed by atoms with E-state index in [0.29, 0.717) is 25.3 Å². The molecule has 5 nitrogen and oxygen atoms in total. The third-order valence-electron chi connectivity index (χ3n) is 1.58. The lowest BCUT2D eigenvalue weighted by Gasteiger charge is -1.95. The molecule has 0 amide bonds. The second-order valence-corrected chi connectivity index (χ2v) is 3.03. The first-order chi connectivity index (χ1) is 6.36. The quantitative estimate of drug-likeness (QED) is 0.526. The van der Waals surface area contributed by atoms with Gasteiger partial charge in [0.1, 0.15) is 12.2 Å². The Hall–Kier alpha value is -0.200. The summed E-state index contributed by atoms with van der Waals surface area (Å²) < 4.78 is 15.1. The molecule has 0 saturated carbocycles. The van der Waals surface area contributed by atoms with Crippen molar-refractivity contribution >= 4 is 0 Å². The van der Waals surface area contributed by atoms with E-state index < -0.39 is 0 Å². The summed E-state index contributed by atoms with van der Waals surface area (Å²) in [6.07, 6.45) is 0.785. The predicted molar refractivity (Wildman–Crippen MR) is 48.4 cm³/mol. The van der Waals surface area contributed by atoms with Gasteiger partial charge in [-0.3, -0.25) is 0 Å². The van der Waals surface area contributed by atoms with Gasteiger partial charge in [0.2, 0.25) is 0 Å². The van der Waals surface area contributed by atoms with Crippen molar-refractivity contribution in [2.75, 3.05) is 39.5 Å². The Kier molecular flexibility index (Phi) is 5.26. The van der Waals surface area contributed by atoms with E-state index in [0.717, 1.165) is 26.4 Å². The van der Waals surface area contributed by atoms with Crippen molar-refractivity contribution in [2.45, 2.75) is 12.2 Å². The Bertz CT molecular complexity index is 113. The normalized spacial score (nSPS) is 29.1. The highest BCUT2D eigenvalue weighted by Gasteiger charge is 2.26. The monoisotopic (exact) mass is 190 g/mol. The largest absolute Gasteiger partial charge is 0.376 e. The lowest BCUT2D eigenvalue weighted by Crippen LogP contribution is -2.11. The van der Waals surface area contributed by atoms with Gasteiger partial charge in [-0.05, 0) is 0 Å². The van der Waals surface area contributed by atoms with Gasteiger partial charge in [0.25, 0.3) is 0 Å². The van der Waals surface area contributed by atoms with E-state index in [4.69, 9.17) is 25.7 Å². The molecule has 13 heavy (non-hydrogen) atoms. The van der Waals surface area contributed by atoms with Crippen molar-refractivity contribution in [2.24, 2.45) is 11.5 Å². The average molecular weight is 190 g/mol. The minimum absolute atomic E-state index is 0.392. The summed E-state index contributed by atoms with van der Waals surface area (Å²) in [5.74, 6) is 0. The van der Waals surface area contributed by atoms with Crippen LogP contribution in [0.2, 0.25) is 0 Å². The lowest BCUT2D eigenvalue weighted by molar-refractivity contribution is 0.102. The lowest BCUT2D eigenvalue weighted by atomic mass is 10.5. The first-order valence-electron chi connectivity index (χ1n) is 4.58. The number of nitrogens with two attached hydrogens (primary N) is 2. The third kappa shape index (κ3) is 6.92. The van der Waals surface area contributed by atoms with Crippen LogP contribution in [0.15, 0.2) is 0 Å². The Balaban J connectivity index is 0.000000184. The Morgan fingerprint density at radius 3 is 1.62 bits per heavy atom. The molecule has 2 aliphatic rings. The van der Waals surface area contributed by atoms with Crippen LogP contribution in [-0.4, -0.2) is 51.7 Å². The summed E-state index contributed by atoms with van der Waals surface area (Å²) >= 11 is 0. The zero-order chi connectivity index (χ0) is 9.52. The van der Waals surface area contributed by atoms with Crippen LogP contribution in [0.25, 0.3) is 0 Å². The van der Waals surface area contributed by atoms with Crippen molar-refractivity contribution in [1.82, 2.24) is 0 Å². The minimum Gasteiger partial charge on any atom is -0.376 e. The van der Waals surface area contributed by atoms with Crippen LogP contribution in [-0.2, 0) is 14.2 Å². The number of ether oxygens (including phenoxy) is 3. The SMILES string of the molecule is C(OCC1CO1)C1CO1.NCCN. The predicted octanol–water partition coefficient (Wildman–Crippen LogP) is -1.30. The molecule has 2 heterocycles. The van der Waals surface area contributed by atoms with Gasteiger partial charge in [-0.15, -0.1) is 0 Å². The molecule has 0 aliphatic carbocycles. The number of rotatable bonds is 5. The van der Waals surface area contributed by atoms with E-state index in [9.17, 15) is 0 Å². The number of hydrogen-bond donors (Lipinski definition) is 2. The van der Waals surface area contributed by atoms with Crippen molar-refractivity contribution in [1.29, 1.82) is 0 Å². The summed E-state index contributed by atoms with van der Waals surface area (Å²) in [6.45, 7) is 4.46. The molecule has 78 valence electrons. The van der Waals surface area contributed by atoms with Crippen molar-refractivity contribution in [3.8, 4) is 0 Å². The van der Waals surface area contributed by atoms with E-state index in [-0.39, 0.29) is 0 Å². The van der Waals surface area contributed by atoms with Crippen molar-refractivity contribution in [3.63, 3.8) is 0 Å². The molecular formula is C8H18N2O3. The molecule has 0 aromatic rings. The fraction of sp³-hybridized carbons (Fsp3) is 1.00. The molecule has 0 aromatic heterocycles. The van der Waals surface area contributed by atoms with Crippen LogP contribution in [0.1, 0.15) is 0 Å². The van der Waals surface area contributed by atoms with Crippen LogP contribution in [0, 0.1) is 0 Å². The van der Waals surface area contributed by atoms with Crippen LogP contribution in [0.5, 0.6) is 0 Å². The van der Waals surface area contributed by atoms with Gasteiger partial charge >= 0.3 is 0 Å². The molecule has 0 radical (unpaired) electrons. The molecular weight excluding hydrogens is 172 g/mol. The van der Waals surface area contributed by atoms with E-state index >= 15 is 0 Å². The molecule has 0 aromatic carbocycles. The summed E-state index contributed by atoms with van der Waals surface area (Å²) in [5.41, 5.74) is 9.81. The Morgan fingerprint density at radius 2 is 1.38 bits per heavy atom. The van der Waals surface area contributed by atoms with E-state index in [1.807, 2.05) is 0 Å². The summed E-state index contributed by atoms with van der Waals surface area (Å²) in [5, 5.41) is 0. The maximum atomic E-state index is 5.23. The number of hydrogen-bond acceptors (Lipinski definition) is 5. The minimum atomic E-state index is 0.392. The van der Waals surface area contributed by atoms with Gasteiger partial charge in [-0.2, -0.15) is 0 Å². The van der Waals surface area contributed by atoms with Crippen LogP contribution >= 0.6 is 0 Å². The fourth-order valence-corrected chi connectivity index (χ4v) is 0.659. The van der Waals surface area contributed by atoms with E-state index in [1.54, 1.807) is 0 Å². The molecule has 4 N–H and O–H groups in total. The molecule has 2 aliphatic heterocycles. The first kappa shape index (κ1) is 10.9. The highest BCUT2D eigenvalue weighted by Crippen LogP contribution is 2.12. The van der Waals surface area contributed by atoms with Gasteiger partial charge in [0.15, 0.2) is 0 Å². The van der Waals surface area contributed by atoms with Gasteiger partial charge in [-0.1, -0.05) is 0 Å². The molecule has 2 atom stereocenters. The molecule has 0 bridgehead atoms. The standard InChI is InChI=1S/C6H10O3.C2H8N2/c1(5-3-8-5)7-2-6-4-9-6;3-1-2-4/h5-6H,1-4H2;1-4H2. The smallest absolute Gasteiger partial charge is 0.104 e. The maximum absolute atomic E-state index is 5.23. The zero-order valence-corrected chi connectivity index (χ0v) is 7.78. The topological polar surface area (TPSA) is 86.3 Å². The summed E-state index contributed by atoms with van der Waals surface area (Å²) in [7, 11) is 0. The fourth-order valence-electron chi connectivity index (χ4n) is 0.659. The summed E-state index contributed by atoms with van der Waals surface area (Å²) in [6, 6.07) is 0. The highest BCUT2D eigenvalue weighted by atomic mass is 16.6. The second kappa shape index (κ2) is 6.28. The van der Waals surface area contributed by atoms with Crippen LogP contribution in [0.3, 0.4) is 0 Å². The van der Waals surface area contributed by atoms with Gasteiger partial charge in [0, 0.05) is 13.1 Å². The Labute approximate surface area is 78.3 Å². The third-order valence-corrected chi connectivity index (χ3v) is 1.58. The van der Waals surface area contributed by atoms with Crippen LogP contribution < -0.4 is 11.5 Å². The molecule has 2 fully saturated rings. The summed E-state index contributed by atoms with van der Waals surface area (Å²) in [4.78, 5) is 0. The van der Waals surface area contributed by atoms with Gasteiger partial charge in [-0.25, -0.2) is 0 Å². The zero-order valence-electron chi connectivity index (χ0n) is 7.78. The van der Waals surface area contributed by atoms with Crippen molar-refractivity contribution < 1.29 is 14.2 Å². The van der Waals surface area contributed by atoms with E-state index in [1.165, 1.54) is 0 Å². The van der Waals surface area contributed by atoms with Gasteiger partial charge in [0.05, 0.1) is 26.4 Å². The van der Waals surface area contributed by atoms with Gasteiger partial charge < -0.3 is 25.7 Å². The molecule has 2 unspecified atom stereocenters.